The normalized spacial score (nSPS) is 14.8. The van der Waals surface area contributed by atoms with Crippen molar-refractivity contribution >= 4 is 51.7 Å². The zero-order valence-electron chi connectivity index (χ0n) is 13.3. The number of aromatic carboxylic acids is 1. The van der Waals surface area contributed by atoms with Crippen LogP contribution in [0.3, 0.4) is 0 Å². The lowest BCUT2D eigenvalue weighted by Gasteiger charge is -2.08. The van der Waals surface area contributed by atoms with Crippen LogP contribution in [0, 0.1) is 0 Å². The van der Waals surface area contributed by atoms with E-state index in [4.69, 9.17) is 23.2 Å². The first kappa shape index (κ1) is 16.8. The minimum Gasteiger partial charge on any atom is -0.545 e. The molecule has 0 amide bonds. The smallest absolute Gasteiger partial charge is 0.261 e. The van der Waals surface area contributed by atoms with Crippen LogP contribution < -0.4 is 10.7 Å². The van der Waals surface area contributed by atoms with E-state index in [-0.39, 0.29) is 11.1 Å². The highest BCUT2D eigenvalue weighted by Gasteiger charge is 2.21. The molecule has 0 aliphatic carbocycles. The summed E-state index contributed by atoms with van der Waals surface area (Å²) in [5, 5.41) is 12.4. The fourth-order valence-electron chi connectivity index (χ4n) is 3.08. The van der Waals surface area contributed by atoms with Gasteiger partial charge in [-0.3, -0.25) is 9.36 Å². The molecule has 1 aromatic heterocycles. The number of aromatic nitrogens is 2. The number of rotatable bonds is 2. The molecule has 130 valence electrons. The minimum absolute atomic E-state index is 0.0117. The third-order valence-corrected chi connectivity index (χ3v) is 5.11. The van der Waals surface area contributed by atoms with E-state index in [1.807, 2.05) is 12.1 Å². The number of hydrogen-bond donors (Lipinski definition) is 0. The number of allylic oxidation sites excluding steroid dienone is 1. The number of nitrogens with zero attached hydrogens (tertiary/aromatic N) is 2. The van der Waals surface area contributed by atoms with Crippen molar-refractivity contribution < 1.29 is 9.90 Å². The second kappa shape index (κ2) is 6.27. The monoisotopic (exact) mass is 385 g/mol. The standard InChI is InChI=1S/C19H12Cl2N2O3/c20-14-4-1-10(8-15(14)21)7-11-5-6-23-17(11)22-16-9-12(19(25)26)2-3-13(16)18(23)24/h1-4,7-9H,5-6H2,(H,25,26)/p-1/b11-7+. The van der Waals surface area contributed by atoms with Crippen LogP contribution >= 0.6 is 23.2 Å². The number of benzene rings is 2. The number of carboxylic acids is 1. The number of halogens is 2. The fraction of sp³-hybridized carbons (Fsp3) is 0.105. The van der Waals surface area contributed by atoms with Crippen molar-refractivity contribution in [1.29, 1.82) is 0 Å². The summed E-state index contributed by atoms with van der Waals surface area (Å²) in [4.78, 5) is 28.3. The molecule has 0 radical (unpaired) electrons. The molecule has 7 heteroatoms. The van der Waals surface area contributed by atoms with Crippen molar-refractivity contribution in [3.63, 3.8) is 0 Å². The molecule has 0 unspecified atom stereocenters. The molecule has 0 spiro atoms. The molecule has 4 rings (SSSR count). The maximum atomic E-state index is 12.7. The van der Waals surface area contributed by atoms with Gasteiger partial charge in [0.15, 0.2) is 0 Å². The number of hydrogen-bond acceptors (Lipinski definition) is 4. The van der Waals surface area contributed by atoms with Gasteiger partial charge in [0.25, 0.3) is 5.56 Å². The molecule has 1 aliphatic heterocycles. The second-order valence-electron chi connectivity index (χ2n) is 6.00. The van der Waals surface area contributed by atoms with Crippen LogP contribution in [-0.4, -0.2) is 15.5 Å². The Bertz CT molecular complexity index is 1170. The predicted molar refractivity (Wildman–Crippen MR) is 99.3 cm³/mol. The van der Waals surface area contributed by atoms with Crippen LogP contribution in [-0.2, 0) is 6.54 Å². The minimum atomic E-state index is -1.30. The van der Waals surface area contributed by atoms with Crippen molar-refractivity contribution in [3.05, 3.63) is 73.7 Å². The van der Waals surface area contributed by atoms with Crippen molar-refractivity contribution in [2.24, 2.45) is 0 Å². The third kappa shape index (κ3) is 2.79. The molecule has 0 fully saturated rings. The lowest BCUT2D eigenvalue weighted by molar-refractivity contribution is -0.255. The molecule has 3 aromatic rings. The van der Waals surface area contributed by atoms with Crippen molar-refractivity contribution in [2.75, 3.05) is 0 Å². The summed E-state index contributed by atoms with van der Waals surface area (Å²) in [5.41, 5.74) is 1.86. The summed E-state index contributed by atoms with van der Waals surface area (Å²) in [5.74, 6) is -0.773. The average molecular weight is 386 g/mol. The Balaban J connectivity index is 1.88. The first-order valence-corrected chi connectivity index (χ1v) is 8.61. The molecule has 0 saturated heterocycles. The summed E-state index contributed by atoms with van der Waals surface area (Å²) >= 11 is 12.0. The van der Waals surface area contributed by atoms with Crippen LogP contribution in [0.25, 0.3) is 22.6 Å². The quantitative estimate of drug-likeness (QED) is 0.679. The van der Waals surface area contributed by atoms with Crippen LogP contribution in [0.5, 0.6) is 0 Å². The summed E-state index contributed by atoms with van der Waals surface area (Å²) in [7, 11) is 0. The van der Waals surface area contributed by atoms with Crippen LogP contribution in [0.2, 0.25) is 10.0 Å². The lowest BCUT2D eigenvalue weighted by Crippen LogP contribution is -2.23. The highest BCUT2D eigenvalue weighted by molar-refractivity contribution is 6.42. The maximum absolute atomic E-state index is 12.7. The molecule has 2 aromatic carbocycles. The van der Waals surface area contributed by atoms with E-state index < -0.39 is 5.97 Å². The van der Waals surface area contributed by atoms with Gasteiger partial charge < -0.3 is 9.90 Å². The topological polar surface area (TPSA) is 75.0 Å². The largest absolute Gasteiger partial charge is 0.545 e. The van der Waals surface area contributed by atoms with Gasteiger partial charge in [-0.05, 0) is 53.5 Å². The lowest BCUT2D eigenvalue weighted by atomic mass is 10.1. The summed E-state index contributed by atoms with van der Waals surface area (Å²) in [6, 6.07) is 9.48. The van der Waals surface area contributed by atoms with Crippen LogP contribution in [0.4, 0.5) is 0 Å². The number of fused-ring (bicyclic) bond motifs is 2. The van der Waals surface area contributed by atoms with E-state index in [0.717, 1.165) is 11.1 Å². The molecule has 5 nitrogen and oxygen atoms in total. The molecule has 2 heterocycles. The number of carbonyl (C=O) groups excluding carboxylic acids is 1. The molecule has 26 heavy (non-hydrogen) atoms. The molecule has 0 N–H and O–H groups in total. The van der Waals surface area contributed by atoms with E-state index >= 15 is 0 Å². The van der Waals surface area contributed by atoms with Crippen molar-refractivity contribution in [1.82, 2.24) is 9.55 Å². The van der Waals surface area contributed by atoms with Gasteiger partial charge in [0.05, 0.1) is 26.9 Å². The van der Waals surface area contributed by atoms with Gasteiger partial charge in [0.1, 0.15) is 5.82 Å². The Morgan fingerprint density at radius 2 is 1.96 bits per heavy atom. The van der Waals surface area contributed by atoms with E-state index in [1.165, 1.54) is 18.2 Å². The highest BCUT2D eigenvalue weighted by atomic mass is 35.5. The van der Waals surface area contributed by atoms with Crippen molar-refractivity contribution in [3.8, 4) is 0 Å². The maximum Gasteiger partial charge on any atom is 0.261 e. The molecule has 1 aliphatic rings. The number of carboxylic acid groups (broad SMARTS) is 1. The van der Waals surface area contributed by atoms with E-state index in [0.29, 0.717) is 39.7 Å². The fourth-order valence-corrected chi connectivity index (χ4v) is 3.39. The Labute approximate surface area is 158 Å². The summed E-state index contributed by atoms with van der Waals surface area (Å²) in [6.45, 7) is 0.520. The second-order valence-corrected chi connectivity index (χ2v) is 6.82. The Morgan fingerprint density at radius 1 is 1.15 bits per heavy atom. The Hall–Kier alpha value is -2.63. The molecular weight excluding hydrogens is 375 g/mol. The first-order chi connectivity index (χ1) is 12.4. The van der Waals surface area contributed by atoms with Gasteiger partial charge >= 0.3 is 0 Å². The molecule has 0 saturated carbocycles. The summed E-state index contributed by atoms with van der Waals surface area (Å²) < 4.78 is 1.60. The first-order valence-electron chi connectivity index (χ1n) is 7.86. The van der Waals surface area contributed by atoms with E-state index in [9.17, 15) is 14.7 Å². The van der Waals surface area contributed by atoms with Crippen LogP contribution in [0.1, 0.15) is 28.2 Å². The average Bonchev–Trinajstić information content (AvgIpc) is 3.01. The SMILES string of the molecule is O=C([O-])c1ccc2c(=O)n3c(nc2c1)/C(=C/c1ccc(Cl)c(Cl)c1)CC3. The number of carbonyl (C=O) groups is 1. The predicted octanol–water partition coefficient (Wildman–Crippen LogP) is 3.01. The van der Waals surface area contributed by atoms with Gasteiger partial charge in [-0.2, -0.15) is 0 Å². The van der Waals surface area contributed by atoms with Crippen LogP contribution in [0.15, 0.2) is 41.2 Å². The molecule has 0 atom stereocenters. The van der Waals surface area contributed by atoms with Gasteiger partial charge in [0, 0.05) is 6.54 Å². The van der Waals surface area contributed by atoms with Crippen molar-refractivity contribution in [2.45, 2.75) is 13.0 Å². The van der Waals surface area contributed by atoms with Gasteiger partial charge in [-0.1, -0.05) is 35.3 Å². The zero-order valence-corrected chi connectivity index (χ0v) is 14.8. The van der Waals surface area contributed by atoms with Gasteiger partial charge in [-0.25, -0.2) is 4.98 Å². The Morgan fingerprint density at radius 3 is 2.69 bits per heavy atom. The zero-order chi connectivity index (χ0) is 18.4. The summed E-state index contributed by atoms with van der Waals surface area (Å²) in [6.07, 6.45) is 2.55. The van der Waals surface area contributed by atoms with E-state index in [1.54, 1.807) is 16.7 Å². The molecular formula is C19H11Cl2N2O3-. The third-order valence-electron chi connectivity index (χ3n) is 4.37. The Kier molecular flexibility index (Phi) is 4.05. The van der Waals surface area contributed by atoms with Gasteiger partial charge in [0.2, 0.25) is 0 Å². The van der Waals surface area contributed by atoms with Gasteiger partial charge in [-0.15, -0.1) is 0 Å². The van der Waals surface area contributed by atoms with E-state index in [2.05, 4.69) is 4.98 Å². The molecule has 0 bridgehead atoms. The highest BCUT2D eigenvalue weighted by Crippen LogP contribution is 2.29.